The average Bonchev–Trinajstić information content (AvgIpc) is 2.32. The van der Waals surface area contributed by atoms with Crippen LogP contribution in [0, 0.1) is 13.8 Å². The van der Waals surface area contributed by atoms with Gasteiger partial charge in [0.25, 0.3) is 0 Å². The van der Waals surface area contributed by atoms with Crippen LogP contribution in [0.1, 0.15) is 21.5 Å². The van der Waals surface area contributed by atoms with E-state index in [0.29, 0.717) is 11.5 Å². The first-order valence-electron chi connectivity index (χ1n) is 5.75. The van der Waals surface area contributed by atoms with Crippen molar-refractivity contribution in [2.75, 3.05) is 0 Å². The summed E-state index contributed by atoms with van der Waals surface area (Å²) in [5.41, 5.74) is 2.20. The number of halogens is 1. The molecule has 0 fully saturated rings. The minimum atomic E-state index is -1.00. The Morgan fingerprint density at radius 1 is 1.05 bits per heavy atom. The lowest BCUT2D eigenvalue weighted by Crippen LogP contribution is -2.00. The van der Waals surface area contributed by atoms with E-state index < -0.39 is 5.97 Å². The van der Waals surface area contributed by atoms with Gasteiger partial charge < -0.3 is 9.84 Å². The smallest absolute Gasteiger partial charge is 0.339 e. The van der Waals surface area contributed by atoms with Gasteiger partial charge in [0.2, 0.25) is 0 Å². The Labute approximate surface area is 120 Å². The second kappa shape index (κ2) is 5.45. The van der Waals surface area contributed by atoms with Crippen molar-refractivity contribution < 1.29 is 14.6 Å². The fourth-order valence-electron chi connectivity index (χ4n) is 1.70. The Morgan fingerprint density at radius 2 is 1.68 bits per heavy atom. The standard InChI is InChI=1S/C15H13BrO3/c1-9-4-6-13(12(16)7-9)19-14-8-10(2)3-5-11(14)15(17)18/h3-8H,1-2H3,(H,17,18). The minimum absolute atomic E-state index is 0.151. The lowest BCUT2D eigenvalue weighted by atomic mass is 10.1. The lowest BCUT2D eigenvalue weighted by molar-refractivity contribution is 0.0694. The molecule has 0 unspecified atom stereocenters. The molecule has 0 saturated heterocycles. The number of carboxylic acid groups (broad SMARTS) is 1. The van der Waals surface area contributed by atoms with Crippen LogP contribution in [-0.4, -0.2) is 11.1 Å². The molecule has 0 aliphatic rings. The summed E-state index contributed by atoms with van der Waals surface area (Å²) < 4.78 is 6.51. The number of carboxylic acids is 1. The highest BCUT2D eigenvalue weighted by molar-refractivity contribution is 9.10. The predicted octanol–water partition coefficient (Wildman–Crippen LogP) is 4.56. The highest BCUT2D eigenvalue weighted by Gasteiger charge is 2.13. The van der Waals surface area contributed by atoms with Gasteiger partial charge >= 0.3 is 5.97 Å². The van der Waals surface area contributed by atoms with Crippen molar-refractivity contribution in [2.24, 2.45) is 0 Å². The van der Waals surface area contributed by atoms with Gasteiger partial charge in [0, 0.05) is 0 Å². The zero-order chi connectivity index (χ0) is 14.0. The monoisotopic (exact) mass is 320 g/mol. The van der Waals surface area contributed by atoms with E-state index >= 15 is 0 Å². The molecule has 0 bridgehead atoms. The summed E-state index contributed by atoms with van der Waals surface area (Å²) in [6.45, 7) is 3.87. The molecule has 4 heteroatoms. The molecule has 0 radical (unpaired) electrons. The summed E-state index contributed by atoms with van der Waals surface area (Å²) in [6.07, 6.45) is 0. The van der Waals surface area contributed by atoms with E-state index in [-0.39, 0.29) is 5.56 Å². The highest BCUT2D eigenvalue weighted by atomic mass is 79.9. The van der Waals surface area contributed by atoms with Crippen LogP contribution >= 0.6 is 15.9 Å². The molecule has 0 heterocycles. The van der Waals surface area contributed by atoms with Crippen LogP contribution in [0.3, 0.4) is 0 Å². The SMILES string of the molecule is Cc1ccc(Oc2cc(C)ccc2C(=O)O)c(Br)c1. The van der Waals surface area contributed by atoms with Crippen molar-refractivity contribution in [2.45, 2.75) is 13.8 Å². The second-order valence-electron chi connectivity index (χ2n) is 4.34. The third-order valence-corrected chi connectivity index (χ3v) is 3.29. The van der Waals surface area contributed by atoms with Crippen molar-refractivity contribution in [3.05, 3.63) is 57.6 Å². The van der Waals surface area contributed by atoms with E-state index in [1.54, 1.807) is 18.2 Å². The normalized spacial score (nSPS) is 10.3. The summed E-state index contributed by atoms with van der Waals surface area (Å²) in [5, 5.41) is 9.16. The Hall–Kier alpha value is -1.81. The fourth-order valence-corrected chi connectivity index (χ4v) is 2.27. The zero-order valence-electron chi connectivity index (χ0n) is 10.6. The number of rotatable bonds is 3. The molecule has 0 aliphatic carbocycles. The van der Waals surface area contributed by atoms with Crippen molar-refractivity contribution in [1.29, 1.82) is 0 Å². The number of hydrogen-bond donors (Lipinski definition) is 1. The fraction of sp³-hybridized carbons (Fsp3) is 0.133. The molecule has 0 aromatic heterocycles. The Balaban J connectivity index is 2.42. The summed E-state index contributed by atoms with van der Waals surface area (Å²) in [5.74, 6) is -0.0611. The summed E-state index contributed by atoms with van der Waals surface area (Å²) in [7, 11) is 0. The van der Waals surface area contributed by atoms with Crippen molar-refractivity contribution in [1.82, 2.24) is 0 Å². The van der Waals surface area contributed by atoms with E-state index in [1.807, 2.05) is 32.0 Å². The first-order chi connectivity index (χ1) is 8.97. The molecular weight excluding hydrogens is 308 g/mol. The van der Waals surface area contributed by atoms with Crippen LogP contribution in [0.5, 0.6) is 11.5 Å². The first-order valence-corrected chi connectivity index (χ1v) is 6.54. The van der Waals surface area contributed by atoms with Gasteiger partial charge in [-0.15, -0.1) is 0 Å². The van der Waals surface area contributed by atoms with Gasteiger partial charge in [0.05, 0.1) is 4.47 Å². The Morgan fingerprint density at radius 3 is 2.32 bits per heavy atom. The predicted molar refractivity (Wildman–Crippen MR) is 77.1 cm³/mol. The third-order valence-electron chi connectivity index (χ3n) is 2.67. The molecule has 2 aromatic rings. The average molecular weight is 321 g/mol. The van der Waals surface area contributed by atoms with E-state index in [2.05, 4.69) is 15.9 Å². The maximum absolute atomic E-state index is 11.2. The third kappa shape index (κ3) is 3.15. The van der Waals surface area contributed by atoms with E-state index in [9.17, 15) is 4.79 Å². The second-order valence-corrected chi connectivity index (χ2v) is 5.20. The van der Waals surface area contributed by atoms with Crippen LogP contribution in [0.4, 0.5) is 0 Å². The Kier molecular flexibility index (Phi) is 3.90. The van der Waals surface area contributed by atoms with Crippen LogP contribution < -0.4 is 4.74 Å². The molecule has 0 aliphatic heterocycles. The summed E-state index contributed by atoms with van der Waals surface area (Å²) in [4.78, 5) is 11.2. The molecule has 2 rings (SSSR count). The molecule has 0 atom stereocenters. The molecular formula is C15H13BrO3. The number of hydrogen-bond acceptors (Lipinski definition) is 2. The molecule has 0 amide bonds. The number of aromatic carboxylic acids is 1. The molecule has 3 nitrogen and oxygen atoms in total. The van der Waals surface area contributed by atoms with Gasteiger partial charge in [-0.05, 0) is 65.2 Å². The first kappa shape index (κ1) is 13.6. The molecule has 0 spiro atoms. The number of benzene rings is 2. The Bertz CT molecular complexity index is 635. The van der Waals surface area contributed by atoms with Gasteiger partial charge in [-0.3, -0.25) is 0 Å². The van der Waals surface area contributed by atoms with Crippen LogP contribution in [0.25, 0.3) is 0 Å². The van der Waals surface area contributed by atoms with Gasteiger partial charge in [-0.25, -0.2) is 4.79 Å². The van der Waals surface area contributed by atoms with Gasteiger partial charge in [0.15, 0.2) is 0 Å². The van der Waals surface area contributed by atoms with Gasteiger partial charge in [-0.1, -0.05) is 12.1 Å². The topological polar surface area (TPSA) is 46.5 Å². The molecule has 1 N–H and O–H groups in total. The van der Waals surface area contributed by atoms with Crippen molar-refractivity contribution >= 4 is 21.9 Å². The van der Waals surface area contributed by atoms with Gasteiger partial charge in [0.1, 0.15) is 17.1 Å². The number of carbonyl (C=O) groups is 1. The van der Waals surface area contributed by atoms with E-state index in [4.69, 9.17) is 9.84 Å². The molecule has 2 aromatic carbocycles. The highest BCUT2D eigenvalue weighted by Crippen LogP contribution is 2.32. The van der Waals surface area contributed by atoms with Crippen molar-refractivity contribution in [3.8, 4) is 11.5 Å². The summed E-state index contributed by atoms with van der Waals surface area (Å²) in [6, 6.07) is 10.7. The molecule has 98 valence electrons. The van der Waals surface area contributed by atoms with Crippen LogP contribution in [0.15, 0.2) is 40.9 Å². The van der Waals surface area contributed by atoms with Gasteiger partial charge in [-0.2, -0.15) is 0 Å². The largest absolute Gasteiger partial charge is 0.478 e. The maximum atomic E-state index is 11.2. The maximum Gasteiger partial charge on any atom is 0.339 e. The van der Waals surface area contributed by atoms with Crippen LogP contribution in [0.2, 0.25) is 0 Å². The number of aryl methyl sites for hydroxylation is 2. The van der Waals surface area contributed by atoms with Crippen molar-refractivity contribution in [3.63, 3.8) is 0 Å². The lowest BCUT2D eigenvalue weighted by Gasteiger charge is -2.11. The molecule has 0 saturated carbocycles. The zero-order valence-corrected chi connectivity index (χ0v) is 12.2. The van der Waals surface area contributed by atoms with Crippen LogP contribution in [-0.2, 0) is 0 Å². The van der Waals surface area contributed by atoms with E-state index in [0.717, 1.165) is 15.6 Å². The molecule has 19 heavy (non-hydrogen) atoms. The number of ether oxygens (including phenoxy) is 1. The quantitative estimate of drug-likeness (QED) is 0.902. The summed E-state index contributed by atoms with van der Waals surface area (Å²) >= 11 is 3.41. The minimum Gasteiger partial charge on any atom is -0.478 e. The van der Waals surface area contributed by atoms with E-state index in [1.165, 1.54) is 0 Å².